The molecule has 0 saturated heterocycles. The summed E-state index contributed by atoms with van der Waals surface area (Å²) in [4.78, 5) is 0. The van der Waals surface area contributed by atoms with Crippen LogP contribution in [0, 0.1) is 0 Å². The molecule has 0 aliphatic carbocycles. The summed E-state index contributed by atoms with van der Waals surface area (Å²) >= 11 is 5.91. The Labute approximate surface area is 114 Å². The highest BCUT2D eigenvalue weighted by atomic mass is 35.5. The average Bonchev–Trinajstić information content (AvgIpc) is 2.42. The first-order chi connectivity index (χ1) is 8.79. The fourth-order valence-corrected chi connectivity index (χ4v) is 2.25. The van der Waals surface area contributed by atoms with Crippen LogP contribution in [0.15, 0.2) is 54.6 Å². The Kier molecular flexibility index (Phi) is 4.80. The van der Waals surface area contributed by atoms with Gasteiger partial charge in [0.15, 0.2) is 0 Å². The minimum absolute atomic E-state index is 0.377. The third-order valence-corrected chi connectivity index (χ3v) is 3.44. The molecule has 2 aromatic carbocycles. The largest absolute Gasteiger partial charge is 0.313 e. The maximum absolute atomic E-state index is 5.91. The first-order valence-corrected chi connectivity index (χ1v) is 6.64. The third-order valence-electron chi connectivity index (χ3n) is 3.19. The molecule has 94 valence electrons. The number of benzene rings is 2. The van der Waals surface area contributed by atoms with Crippen molar-refractivity contribution in [3.05, 3.63) is 70.7 Å². The fourth-order valence-electron chi connectivity index (χ4n) is 2.13. The van der Waals surface area contributed by atoms with E-state index in [-0.39, 0.29) is 0 Å². The molecule has 1 atom stereocenters. The van der Waals surface area contributed by atoms with E-state index >= 15 is 0 Å². The Hall–Kier alpha value is -1.31. The Bertz CT molecular complexity index is 464. The second-order valence-electron chi connectivity index (χ2n) is 4.42. The van der Waals surface area contributed by atoms with E-state index in [2.05, 4.69) is 47.8 Å². The van der Waals surface area contributed by atoms with Crippen molar-refractivity contribution in [3.8, 4) is 0 Å². The van der Waals surface area contributed by atoms with E-state index in [9.17, 15) is 0 Å². The van der Waals surface area contributed by atoms with Crippen LogP contribution in [0.5, 0.6) is 0 Å². The summed E-state index contributed by atoms with van der Waals surface area (Å²) in [6.07, 6.45) is 2.16. The molecule has 0 aliphatic heterocycles. The van der Waals surface area contributed by atoms with Crippen LogP contribution in [-0.4, -0.2) is 7.05 Å². The van der Waals surface area contributed by atoms with E-state index in [1.54, 1.807) is 0 Å². The molecule has 18 heavy (non-hydrogen) atoms. The molecule has 2 aromatic rings. The molecule has 2 rings (SSSR count). The van der Waals surface area contributed by atoms with Gasteiger partial charge in [-0.1, -0.05) is 54.1 Å². The van der Waals surface area contributed by atoms with Gasteiger partial charge in [-0.25, -0.2) is 0 Å². The lowest BCUT2D eigenvalue weighted by Gasteiger charge is -2.16. The van der Waals surface area contributed by atoms with E-state index in [4.69, 9.17) is 11.6 Å². The van der Waals surface area contributed by atoms with Gasteiger partial charge >= 0.3 is 0 Å². The predicted molar refractivity (Wildman–Crippen MR) is 78.0 cm³/mol. The summed E-state index contributed by atoms with van der Waals surface area (Å²) in [5, 5.41) is 4.15. The Balaban J connectivity index is 1.99. The maximum Gasteiger partial charge on any atom is 0.0406 e. The van der Waals surface area contributed by atoms with Crippen LogP contribution in [0.2, 0.25) is 5.02 Å². The highest BCUT2D eigenvalue weighted by molar-refractivity contribution is 6.30. The first kappa shape index (κ1) is 13.1. The van der Waals surface area contributed by atoms with Crippen molar-refractivity contribution < 1.29 is 0 Å². The average molecular weight is 260 g/mol. The normalized spacial score (nSPS) is 12.3. The Morgan fingerprint density at radius 3 is 2.28 bits per heavy atom. The zero-order valence-corrected chi connectivity index (χ0v) is 11.3. The molecule has 1 N–H and O–H groups in total. The van der Waals surface area contributed by atoms with Crippen LogP contribution < -0.4 is 5.32 Å². The van der Waals surface area contributed by atoms with Crippen LogP contribution in [-0.2, 0) is 6.42 Å². The molecule has 2 heteroatoms. The van der Waals surface area contributed by atoms with Crippen molar-refractivity contribution in [1.29, 1.82) is 0 Å². The van der Waals surface area contributed by atoms with Crippen LogP contribution in [0.1, 0.15) is 23.6 Å². The van der Waals surface area contributed by atoms with Gasteiger partial charge in [0.05, 0.1) is 0 Å². The van der Waals surface area contributed by atoms with Gasteiger partial charge in [-0.05, 0) is 43.1 Å². The quantitative estimate of drug-likeness (QED) is 0.847. The third kappa shape index (κ3) is 3.59. The van der Waals surface area contributed by atoms with Gasteiger partial charge in [-0.2, -0.15) is 0 Å². The van der Waals surface area contributed by atoms with Crippen molar-refractivity contribution in [3.63, 3.8) is 0 Å². The van der Waals surface area contributed by atoms with E-state index < -0.39 is 0 Å². The number of halogens is 1. The van der Waals surface area contributed by atoms with E-state index in [1.165, 1.54) is 11.1 Å². The Morgan fingerprint density at radius 1 is 1.00 bits per heavy atom. The zero-order valence-electron chi connectivity index (χ0n) is 10.6. The summed E-state index contributed by atoms with van der Waals surface area (Å²) in [6, 6.07) is 19.0. The molecule has 0 bridgehead atoms. The van der Waals surface area contributed by atoms with Crippen molar-refractivity contribution in [1.82, 2.24) is 5.32 Å². The molecule has 0 radical (unpaired) electrons. The lowest BCUT2D eigenvalue weighted by Crippen LogP contribution is -2.17. The van der Waals surface area contributed by atoms with Crippen molar-refractivity contribution in [2.45, 2.75) is 18.9 Å². The molecule has 1 unspecified atom stereocenters. The second kappa shape index (κ2) is 6.58. The number of aryl methyl sites for hydroxylation is 1. The monoisotopic (exact) mass is 259 g/mol. The minimum Gasteiger partial charge on any atom is -0.313 e. The summed E-state index contributed by atoms with van der Waals surface area (Å²) in [7, 11) is 2.00. The molecule has 0 amide bonds. The second-order valence-corrected chi connectivity index (χ2v) is 4.85. The summed E-state index contributed by atoms with van der Waals surface area (Å²) in [5.74, 6) is 0. The SMILES string of the molecule is CNC(CCc1ccccc1)c1ccc(Cl)cc1. The molecule has 0 heterocycles. The fraction of sp³-hybridized carbons (Fsp3) is 0.250. The van der Waals surface area contributed by atoms with Crippen molar-refractivity contribution in [2.75, 3.05) is 7.05 Å². The van der Waals surface area contributed by atoms with Gasteiger partial charge in [0.25, 0.3) is 0 Å². The lowest BCUT2D eigenvalue weighted by atomic mass is 9.99. The molecular formula is C16H18ClN. The van der Waals surface area contributed by atoms with Crippen molar-refractivity contribution in [2.24, 2.45) is 0 Å². The van der Waals surface area contributed by atoms with Gasteiger partial charge < -0.3 is 5.32 Å². The number of hydrogen-bond donors (Lipinski definition) is 1. The highest BCUT2D eigenvalue weighted by Gasteiger charge is 2.08. The van der Waals surface area contributed by atoms with Gasteiger partial charge in [0, 0.05) is 11.1 Å². The lowest BCUT2D eigenvalue weighted by molar-refractivity contribution is 0.549. The van der Waals surface area contributed by atoms with Crippen molar-refractivity contribution >= 4 is 11.6 Å². The van der Waals surface area contributed by atoms with Crippen LogP contribution >= 0.6 is 11.6 Å². The van der Waals surface area contributed by atoms with Gasteiger partial charge in [-0.3, -0.25) is 0 Å². The summed E-state index contributed by atoms with van der Waals surface area (Å²) < 4.78 is 0. The predicted octanol–water partition coefficient (Wildman–Crippen LogP) is 4.23. The molecule has 0 fully saturated rings. The van der Waals surface area contributed by atoms with Gasteiger partial charge in [-0.15, -0.1) is 0 Å². The molecule has 0 spiro atoms. The van der Waals surface area contributed by atoms with E-state index in [0.717, 1.165) is 17.9 Å². The van der Waals surface area contributed by atoms with Crippen LogP contribution in [0.25, 0.3) is 0 Å². The van der Waals surface area contributed by atoms with Gasteiger partial charge in [0.2, 0.25) is 0 Å². The summed E-state index contributed by atoms with van der Waals surface area (Å²) in [5.41, 5.74) is 2.67. The van der Waals surface area contributed by atoms with Crippen LogP contribution in [0.4, 0.5) is 0 Å². The smallest absolute Gasteiger partial charge is 0.0406 e. The maximum atomic E-state index is 5.91. The zero-order chi connectivity index (χ0) is 12.8. The highest BCUT2D eigenvalue weighted by Crippen LogP contribution is 2.20. The van der Waals surface area contributed by atoms with Gasteiger partial charge in [0.1, 0.15) is 0 Å². The Morgan fingerprint density at radius 2 is 1.67 bits per heavy atom. The number of hydrogen-bond acceptors (Lipinski definition) is 1. The molecule has 0 saturated carbocycles. The number of nitrogens with one attached hydrogen (secondary N) is 1. The minimum atomic E-state index is 0.377. The molecule has 0 aromatic heterocycles. The molecule has 1 nitrogen and oxygen atoms in total. The van der Waals surface area contributed by atoms with E-state index in [1.807, 2.05) is 19.2 Å². The standard InChI is InChI=1S/C16H18ClN/c1-18-16(14-8-10-15(17)11-9-14)12-7-13-5-3-2-4-6-13/h2-6,8-11,16,18H,7,12H2,1H3. The topological polar surface area (TPSA) is 12.0 Å². The van der Waals surface area contributed by atoms with E-state index in [0.29, 0.717) is 6.04 Å². The molecule has 0 aliphatic rings. The number of rotatable bonds is 5. The van der Waals surface area contributed by atoms with Crippen LogP contribution in [0.3, 0.4) is 0 Å². The molecular weight excluding hydrogens is 242 g/mol. The first-order valence-electron chi connectivity index (χ1n) is 6.26. The summed E-state index contributed by atoms with van der Waals surface area (Å²) in [6.45, 7) is 0.